The molecule has 0 fully saturated rings. The Bertz CT molecular complexity index is 793. The number of imidazole rings is 1. The number of pyridine rings is 1. The summed E-state index contributed by atoms with van der Waals surface area (Å²) in [5.74, 6) is 0.170. The molecule has 108 valence electrons. The fourth-order valence-corrected chi connectivity index (χ4v) is 2.28. The normalized spacial score (nSPS) is 11.8. The van der Waals surface area contributed by atoms with E-state index in [9.17, 15) is 13.2 Å². The quantitative estimate of drug-likeness (QED) is 0.713. The van der Waals surface area contributed by atoms with Crippen molar-refractivity contribution in [2.45, 2.75) is 6.18 Å². The number of methoxy groups -OCH3 is 1. The number of benzene rings is 1. The average molecular weight is 292 g/mol. The first-order chi connectivity index (χ1) is 10.0. The summed E-state index contributed by atoms with van der Waals surface area (Å²) in [6, 6.07) is 8.98. The van der Waals surface area contributed by atoms with Crippen molar-refractivity contribution in [2.75, 3.05) is 7.11 Å². The maximum atomic E-state index is 13.3. The summed E-state index contributed by atoms with van der Waals surface area (Å²) in [6.45, 7) is 0. The molecule has 0 aliphatic rings. The molecule has 0 aliphatic heterocycles. The van der Waals surface area contributed by atoms with E-state index in [4.69, 9.17) is 4.74 Å². The Kier molecular flexibility index (Phi) is 3.08. The van der Waals surface area contributed by atoms with Crippen LogP contribution < -0.4 is 4.74 Å². The molecule has 2 aromatic heterocycles. The molecule has 6 heteroatoms. The fourth-order valence-electron chi connectivity index (χ4n) is 2.28. The first-order valence-electron chi connectivity index (χ1n) is 6.18. The van der Waals surface area contributed by atoms with Gasteiger partial charge in [-0.25, -0.2) is 4.98 Å². The second-order valence-electron chi connectivity index (χ2n) is 4.48. The molecule has 0 spiro atoms. The molecule has 0 N–H and O–H groups in total. The summed E-state index contributed by atoms with van der Waals surface area (Å²) in [5.41, 5.74) is 0.381. The monoisotopic (exact) mass is 292 g/mol. The van der Waals surface area contributed by atoms with Gasteiger partial charge in [0.2, 0.25) is 0 Å². The van der Waals surface area contributed by atoms with E-state index in [-0.39, 0.29) is 11.3 Å². The smallest absolute Gasteiger partial charge is 0.417 e. The zero-order valence-corrected chi connectivity index (χ0v) is 11.1. The minimum absolute atomic E-state index is 0.0897. The third-order valence-electron chi connectivity index (χ3n) is 3.24. The molecule has 0 bridgehead atoms. The first-order valence-corrected chi connectivity index (χ1v) is 6.18. The summed E-state index contributed by atoms with van der Waals surface area (Å²) < 4.78 is 46.4. The van der Waals surface area contributed by atoms with Crippen LogP contribution in [-0.4, -0.2) is 16.5 Å². The van der Waals surface area contributed by atoms with Crippen molar-refractivity contribution < 1.29 is 17.9 Å². The van der Waals surface area contributed by atoms with Gasteiger partial charge in [-0.3, -0.25) is 4.40 Å². The zero-order valence-electron chi connectivity index (χ0n) is 11.1. The summed E-state index contributed by atoms with van der Waals surface area (Å²) >= 11 is 0. The number of nitrogens with zero attached hydrogens (tertiary/aromatic N) is 2. The lowest BCUT2D eigenvalue weighted by molar-refractivity contribution is -0.137. The Morgan fingerprint density at radius 1 is 1.14 bits per heavy atom. The molecule has 0 saturated heterocycles. The largest absolute Gasteiger partial charge is 0.497 e. The van der Waals surface area contributed by atoms with Gasteiger partial charge in [0.05, 0.1) is 18.4 Å². The van der Waals surface area contributed by atoms with Gasteiger partial charge < -0.3 is 4.74 Å². The molecular formula is C15H11F3N2O. The van der Waals surface area contributed by atoms with E-state index >= 15 is 0 Å². The predicted molar refractivity (Wildman–Crippen MR) is 72.2 cm³/mol. The Morgan fingerprint density at radius 3 is 2.67 bits per heavy atom. The SMILES string of the molecule is COc1ccc(-c2cccc3nccn23)c(C(F)(F)F)c1. The van der Waals surface area contributed by atoms with Crippen LogP contribution in [0.1, 0.15) is 5.56 Å². The minimum Gasteiger partial charge on any atom is -0.497 e. The van der Waals surface area contributed by atoms with Crippen LogP contribution in [0.25, 0.3) is 16.9 Å². The van der Waals surface area contributed by atoms with Crippen LogP contribution in [0.5, 0.6) is 5.75 Å². The fraction of sp³-hybridized carbons (Fsp3) is 0.133. The maximum Gasteiger partial charge on any atom is 0.417 e. The van der Waals surface area contributed by atoms with Crippen molar-refractivity contribution >= 4 is 5.65 Å². The van der Waals surface area contributed by atoms with Crippen LogP contribution in [0.15, 0.2) is 48.8 Å². The average Bonchev–Trinajstić information content (AvgIpc) is 2.94. The third kappa shape index (κ3) is 2.33. The highest BCUT2D eigenvalue weighted by molar-refractivity contribution is 5.69. The molecule has 0 atom stereocenters. The predicted octanol–water partition coefficient (Wildman–Crippen LogP) is 4.03. The number of rotatable bonds is 2. The number of hydrogen-bond donors (Lipinski definition) is 0. The lowest BCUT2D eigenvalue weighted by Crippen LogP contribution is -2.08. The number of hydrogen-bond acceptors (Lipinski definition) is 2. The number of halogens is 3. The van der Waals surface area contributed by atoms with Gasteiger partial charge in [-0.05, 0) is 30.3 Å². The maximum absolute atomic E-state index is 13.3. The minimum atomic E-state index is -4.47. The van der Waals surface area contributed by atoms with Crippen LogP contribution in [0.3, 0.4) is 0 Å². The standard InChI is InChI=1S/C15H11F3N2O/c1-21-10-5-6-11(12(9-10)15(16,17)18)13-3-2-4-14-19-7-8-20(13)14/h2-9H,1H3. The van der Waals surface area contributed by atoms with E-state index in [0.29, 0.717) is 11.3 Å². The van der Waals surface area contributed by atoms with Crippen LogP contribution in [0.2, 0.25) is 0 Å². The highest BCUT2D eigenvalue weighted by atomic mass is 19.4. The molecule has 3 rings (SSSR count). The van der Waals surface area contributed by atoms with Gasteiger partial charge in [0.25, 0.3) is 0 Å². The summed E-state index contributed by atoms with van der Waals surface area (Å²) in [6.07, 6.45) is -1.28. The lowest BCUT2D eigenvalue weighted by Gasteiger charge is -2.15. The van der Waals surface area contributed by atoms with Gasteiger partial charge in [0.1, 0.15) is 11.4 Å². The van der Waals surface area contributed by atoms with Crippen molar-refractivity contribution in [3.63, 3.8) is 0 Å². The van der Waals surface area contributed by atoms with Gasteiger partial charge >= 0.3 is 6.18 Å². The molecule has 0 unspecified atom stereocenters. The van der Waals surface area contributed by atoms with E-state index in [1.165, 1.54) is 19.2 Å². The third-order valence-corrected chi connectivity index (χ3v) is 3.24. The van der Waals surface area contributed by atoms with Crippen molar-refractivity contribution in [3.05, 3.63) is 54.4 Å². The van der Waals surface area contributed by atoms with Crippen molar-refractivity contribution in [1.82, 2.24) is 9.38 Å². The molecular weight excluding hydrogens is 281 g/mol. The number of alkyl halides is 3. The van der Waals surface area contributed by atoms with Gasteiger partial charge in [-0.15, -0.1) is 0 Å². The van der Waals surface area contributed by atoms with Crippen molar-refractivity contribution in [2.24, 2.45) is 0 Å². The summed E-state index contributed by atoms with van der Waals surface area (Å²) in [5, 5.41) is 0. The Morgan fingerprint density at radius 2 is 1.95 bits per heavy atom. The Hall–Kier alpha value is -2.50. The highest BCUT2D eigenvalue weighted by Crippen LogP contribution is 2.39. The zero-order chi connectivity index (χ0) is 15.0. The molecule has 3 nitrogen and oxygen atoms in total. The van der Waals surface area contributed by atoms with Crippen LogP contribution in [0, 0.1) is 0 Å². The molecule has 3 aromatic rings. The number of ether oxygens (including phenoxy) is 1. The number of aromatic nitrogens is 2. The Balaban J connectivity index is 2.29. The van der Waals surface area contributed by atoms with E-state index in [1.807, 2.05) is 0 Å². The number of fused-ring (bicyclic) bond motifs is 1. The molecule has 1 aromatic carbocycles. The molecule has 0 saturated carbocycles. The molecule has 0 amide bonds. The topological polar surface area (TPSA) is 26.5 Å². The van der Waals surface area contributed by atoms with Crippen molar-refractivity contribution in [3.8, 4) is 17.0 Å². The molecule has 21 heavy (non-hydrogen) atoms. The van der Waals surface area contributed by atoms with Crippen molar-refractivity contribution in [1.29, 1.82) is 0 Å². The molecule has 2 heterocycles. The summed E-state index contributed by atoms with van der Waals surface area (Å²) in [4.78, 5) is 4.09. The molecule has 0 aliphatic carbocycles. The Labute approximate surface area is 118 Å². The van der Waals surface area contributed by atoms with Gasteiger partial charge in [0, 0.05) is 18.0 Å². The van der Waals surface area contributed by atoms with Gasteiger partial charge in [0.15, 0.2) is 0 Å². The highest BCUT2D eigenvalue weighted by Gasteiger charge is 2.34. The molecule has 0 radical (unpaired) electrons. The van der Waals surface area contributed by atoms with E-state index in [0.717, 1.165) is 6.07 Å². The van der Waals surface area contributed by atoms with Crippen LogP contribution >= 0.6 is 0 Å². The first kappa shape index (κ1) is 13.5. The summed E-state index contributed by atoms with van der Waals surface area (Å²) in [7, 11) is 1.34. The van der Waals surface area contributed by atoms with E-state index in [1.54, 1.807) is 35.0 Å². The second kappa shape index (κ2) is 4.80. The van der Waals surface area contributed by atoms with Gasteiger partial charge in [-0.1, -0.05) is 6.07 Å². The van der Waals surface area contributed by atoms with Gasteiger partial charge in [-0.2, -0.15) is 13.2 Å². The van der Waals surface area contributed by atoms with Crippen LogP contribution in [0.4, 0.5) is 13.2 Å². The lowest BCUT2D eigenvalue weighted by atomic mass is 10.0. The second-order valence-corrected chi connectivity index (χ2v) is 4.48. The van der Waals surface area contributed by atoms with E-state index < -0.39 is 11.7 Å². The van der Waals surface area contributed by atoms with E-state index in [2.05, 4.69) is 4.98 Å². The van der Waals surface area contributed by atoms with Crippen LogP contribution in [-0.2, 0) is 6.18 Å².